The van der Waals surface area contributed by atoms with Crippen LogP contribution in [-0.4, -0.2) is 53.3 Å². The largest absolute Gasteiger partial charge is 0.495 e. The second-order valence-electron chi connectivity index (χ2n) is 8.26. The van der Waals surface area contributed by atoms with E-state index >= 15 is 0 Å². The van der Waals surface area contributed by atoms with Crippen LogP contribution in [0.1, 0.15) is 24.8 Å². The predicted octanol–water partition coefficient (Wildman–Crippen LogP) is 3.81. The maximum atomic E-state index is 12.5. The predicted molar refractivity (Wildman–Crippen MR) is 126 cm³/mol. The van der Waals surface area contributed by atoms with Gasteiger partial charge in [-0.1, -0.05) is 11.6 Å². The number of methoxy groups -OCH3 is 2. The van der Waals surface area contributed by atoms with Crippen LogP contribution >= 0.6 is 11.6 Å². The lowest BCUT2D eigenvalue weighted by Crippen LogP contribution is -2.37. The first-order valence-electron chi connectivity index (χ1n) is 11.0. The normalized spacial score (nSPS) is 15.2. The summed E-state index contributed by atoms with van der Waals surface area (Å²) >= 11 is 6.19. The average molecular weight is 457 g/mol. The lowest BCUT2D eigenvalue weighted by atomic mass is 9.91. The molecule has 32 heavy (non-hydrogen) atoms. The molecular weight excluding hydrogens is 428 g/mol. The molecule has 0 aliphatic carbocycles. The van der Waals surface area contributed by atoms with Crippen molar-refractivity contribution in [3.8, 4) is 11.6 Å². The summed E-state index contributed by atoms with van der Waals surface area (Å²) in [6, 6.07) is 7.20. The Morgan fingerprint density at radius 2 is 1.88 bits per heavy atom. The highest BCUT2D eigenvalue weighted by Crippen LogP contribution is 2.26. The van der Waals surface area contributed by atoms with Gasteiger partial charge in [-0.2, -0.15) is 0 Å². The van der Waals surface area contributed by atoms with Crippen LogP contribution < -0.4 is 15.0 Å². The highest BCUT2D eigenvalue weighted by molar-refractivity contribution is 6.31. The van der Waals surface area contributed by atoms with Crippen LogP contribution in [0.15, 0.2) is 41.5 Å². The van der Waals surface area contributed by atoms with E-state index in [0.717, 1.165) is 61.9 Å². The zero-order valence-electron chi connectivity index (χ0n) is 18.6. The van der Waals surface area contributed by atoms with E-state index in [1.165, 1.54) is 0 Å². The molecule has 0 amide bonds. The molecule has 8 heteroatoms. The van der Waals surface area contributed by atoms with Crippen LogP contribution in [0, 0.1) is 5.92 Å². The first kappa shape index (κ1) is 22.6. The van der Waals surface area contributed by atoms with Gasteiger partial charge in [0, 0.05) is 31.4 Å². The SMILES string of the molecule is COc1cnc2ccc(=O)n(CCN3CCC(CCc4cnc(OC)c(Cl)c4)CC3)c2c1. The Balaban J connectivity index is 1.30. The van der Waals surface area contributed by atoms with E-state index < -0.39 is 0 Å². The fraction of sp³-hybridized carbons (Fsp3) is 0.458. The summed E-state index contributed by atoms with van der Waals surface area (Å²) in [5.41, 5.74) is 2.77. The number of hydrogen-bond acceptors (Lipinski definition) is 6. The minimum atomic E-state index is -0.00537. The van der Waals surface area contributed by atoms with Gasteiger partial charge in [-0.3, -0.25) is 9.78 Å². The number of piperidine rings is 1. The number of likely N-dealkylation sites (tertiary alicyclic amines) is 1. The van der Waals surface area contributed by atoms with Crippen LogP contribution in [0.2, 0.25) is 5.02 Å². The van der Waals surface area contributed by atoms with Gasteiger partial charge in [-0.05, 0) is 62.4 Å². The highest BCUT2D eigenvalue weighted by Gasteiger charge is 2.19. The standard InChI is InChI=1S/C24H29ClN4O3/c1-31-19-14-22-21(26-16-19)5-6-23(30)29(22)12-11-28-9-7-17(8-10-28)3-4-18-13-20(25)24(32-2)27-15-18/h5-6,13-17H,3-4,7-12H2,1-2H3. The van der Waals surface area contributed by atoms with Crippen molar-refractivity contribution in [3.63, 3.8) is 0 Å². The maximum absolute atomic E-state index is 12.5. The Bertz CT molecular complexity index is 1130. The first-order chi connectivity index (χ1) is 15.6. The van der Waals surface area contributed by atoms with E-state index in [2.05, 4.69) is 14.9 Å². The van der Waals surface area contributed by atoms with Crippen molar-refractivity contribution in [2.75, 3.05) is 33.9 Å². The molecule has 4 heterocycles. The van der Waals surface area contributed by atoms with E-state index in [0.29, 0.717) is 29.1 Å². The number of hydrogen-bond donors (Lipinski definition) is 0. The number of rotatable bonds is 8. The summed E-state index contributed by atoms with van der Waals surface area (Å²) in [4.78, 5) is 23.6. The molecule has 0 atom stereocenters. The lowest BCUT2D eigenvalue weighted by molar-refractivity contribution is 0.174. The van der Waals surface area contributed by atoms with Gasteiger partial charge in [0.05, 0.1) is 31.4 Å². The number of aromatic nitrogens is 3. The van der Waals surface area contributed by atoms with E-state index in [1.54, 1.807) is 37.1 Å². The van der Waals surface area contributed by atoms with Crippen molar-refractivity contribution in [1.29, 1.82) is 0 Å². The van der Waals surface area contributed by atoms with Gasteiger partial charge in [-0.15, -0.1) is 0 Å². The number of fused-ring (bicyclic) bond motifs is 1. The molecule has 3 aromatic heterocycles. The molecule has 1 aliphatic heterocycles. The third-order valence-electron chi connectivity index (χ3n) is 6.29. The summed E-state index contributed by atoms with van der Waals surface area (Å²) in [6.45, 7) is 3.59. The molecule has 1 aliphatic rings. The van der Waals surface area contributed by atoms with Crippen LogP contribution in [0.4, 0.5) is 0 Å². The molecule has 0 N–H and O–H groups in total. The fourth-order valence-corrected chi connectivity index (χ4v) is 4.62. The first-order valence-corrected chi connectivity index (χ1v) is 11.4. The smallest absolute Gasteiger partial charge is 0.251 e. The number of nitrogens with zero attached hydrogens (tertiary/aromatic N) is 4. The zero-order valence-corrected chi connectivity index (χ0v) is 19.3. The van der Waals surface area contributed by atoms with Crippen LogP contribution in [0.25, 0.3) is 11.0 Å². The van der Waals surface area contributed by atoms with Crippen LogP contribution in [0.5, 0.6) is 11.6 Å². The minimum Gasteiger partial charge on any atom is -0.495 e. The van der Waals surface area contributed by atoms with Gasteiger partial charge in [0.1, 0.15) is 10.8 Å². The van der Waals surface area contributed by atoms with Crippen molar-refractivity contribution in [2.24, 2.45) is 5.92 Å². The monoisotopic (exact) mass is 456 g/mol. The molecule has 1 fully saturated rings. The second kappa shape index (κ2) is 10.3. The highest BCUT2D eigenvalue weighted by atomic mass is 35.5. The summed E-state index contributed by atoms with van der Waals surface area (Å²) in [5.74, 6) is 1.83. The van der Waals surface area contributed by atoms with E-state index in [-0.39, 0.29) is 5.56 Å². The molecule has 0 bridgehead atoms. The van der Waals surface area contributed by atoms with Gasteiger partial charge >= 0.3 is 0 Å². The minimum absolute atomic E-state index is 0.00537. The van der Waals surface area contributed by atoms with E-state index in [9.17, 15) is 4.79 Å². The van der Waals surface area contributed by atoms with Gasteiger partial charge < -0.3 is 18.9 Å². The van der Waals surface area contributed by atoms with Crippen molar-refractivity contribution in [2.45, 2.75) is 32.2 Å². The van der Waals surface area contributed by atoms with Crippen molar-refractivity contribution >= 4 is 22.6 Å². The Morgan fingerprint density at radius 3 is 2.59 bits per heavy atom. The average Bonchev–Trinajstić information content (AvgIpc) is 2.82. The van der Waals surface area contributed by atoms with E-state index in [4.69, 9.17) is 21.1 Å². The number of aryl methyl sites for hydroxylation is 1. The Morgan fingerprint density at radius 1 is 1.06 bits per heavy atom. The van der Waals surface area contributed by atoms with Crippen LogP contribution in [0.3, 0.4) is 0 Å². The summed E-state index contributed by atoms with van der Waals surface area (Å²) in [7, 11) is 3.18. The van der Waals surface area contributed by atoms with E-state index in [1.807, 2.05) is 18.3 Å². The summed E-state index contributed by atoms with van der Waals surface area (Å²) in [6.07, 6.45) is 7.96. The van der Waals surface area contributed by atoms with Crippen molar-refractivity contribution < 1.29 is 9.47 Å². The second-order valence-corrected chi connectivity index (χ2v) is 8.67. The summed E-state index contributed by atoms with van der Waals surface area (Å²) in [5, 5.41) is 0.566. The molecule has 0 spiro atoms. The van der Waals surface area contributed by atoms with Crippen LogP contribution in [-0.2, 0) is 13.0 Å². The third-order valence-corrected chi connectivity index (χ3v) is 6.57. The molecule has 0 aromatic carbocycles. The van der Waals surface area contributed by atoms with Crippen molar-refractivity contribution in [1.82, 2.24) is 19.4 Å². The van der Waals surface area contributed by atoms with Gasteiger partial charge in [0.15, 0.2) is 0 Å². The number of pyridine rings is 3. The fourth-order valence-electron chi connectivity index (χ4n) is 4.35. The van der Waals surface area contributed by atoms with Gasteiger partial charge in [0.25, 0.3) is 5.56 Å². The Kier molecular flexibility index (Phi) is 7.27. The molecule has 0 radical (unpaired) electrons. The molecule has 7 nitrogen and oxygen atoms in total. The topological polar surface area (TPSA) is 69.5 Å². The number of ether oxygens (including phenoxy) is 2. The van der Waals surface area contributed by atoms with Gasteiger partial charge in [0.2, 0.25) is 5.88 Å². The molecule has 0 unspecified atom stereocenters. The zero-order chi connectivity index (χ0) is 22.5. The van der Waals surface area contributed by atoms with Gasteiger partial charge in [-0.25, -0.2) is 4.98 Å². The quantitative estimate of drug-likeness (QED) is 0.513. The molecule has 4 rings (SSSR count). The molecule has 0 saturated carbocycles. The molecule has 1 saturated heterocycles. The lowest BCUT2D eigenvalue weighted by Gasteiger charge is -2.32. The van der Waals surface area contributed by atoms with Crippen molar-refractivity contribution in [3.05, 3.63) is 57.6 Å². The molecule has 3 aromatic rings. The Labute approximate surface area is 192 Å². The molecular formula is C24H29ClN4O3. The Hall–Kier alpha value is -2.64. The maximum Gasteiger partial charge on any atom is 0.251 e. The third kappa shape index (κ3) is 5.22. The number of halogens is 1. The molecule has 170 valence electrons. The summed E-state index contributed by atoms with van der Waals surface area (Å²) < 4.78 is 12.2.